The molecule has 8 aromatic carbocycles. The zero-order valence-corrected chi connectivity index (χ0v) is 28.9. The third-order valence-electron chi connectivity index (χ3n) is 11.8. The second-order valence-corrected chi connectivity index (χ2v) is 14.4. The fourth-order valence-corrected chi connectivity index (χ4v) is 9.78. The Morgan fingerprint density at radius 3 is 1.43 bits per heavy atom. The molecule has 3 nitrogen and oxygen atoms in total. The molecule has 53 heavy (non-hydrogen) atoms. The molecule has 0 unspecified atom stereocenters. The Hall–Kier alpha value is -6.71. The molecule has 4 aliphatic rings. The van der Waals surface area contributed by atoms with Crippen molar-refractivity contribution in [3.63, 3.8) is 0 Å². The van der Waals surface area contributed by atoms with E-state index in [0.29, 0.717) is 0 Å². The molecule has 4 heterocycles. The van der Waals surface area contributed by atoms with Crippen LogP contribution in [0.3, 0.4) is 0 Å². The third kappa shape index (κ3) is 3.91. The standard InChI is InChI=1S/C48H31B2N3/c1-2-15-32(16-3-1)51-44-25-12-8-21-40(44)49-41-22-9-13-26-45(41)52(47-28-14-27-46(51)48(47)49)33-29-30-39-37(31-33)36-19-6-11-24-43(36)53-42-23-10-5-18-35(42)34-17-4-7-20-38(34)50(39)53/h1-31H. The van der Waals surface area contributed by atoms with Gasteiger partial charge in [0.1, 0.15) is 0 Å². The molecule has 0 aromatic heterocycles. The van der Waals surface area contributed by atoms with E-state index in [0.717, 1.165) is 0 Å². The van der Waals surface area contributed by atoms with Gasteiger partial charge in [0.05, 0.1) is 0 Å². The molecule has 0 aliphatic carbocycles. The fourth-order valence-electron chi connectivity index (χ4n) is 9.78. The van der Waals surface area contributed by atoms with Gasteiger partial charge in [0, 0.05) is 56.6 Å². The van der Waals surface area contributed by atoms with Crippen molar-refractivity contribution in [3.8, 4) is 22.3 Å². The first-order valence-corrected chi connectivity index (χ1v) is 18.5. The maximum atomic E-state index is 2.57. The molecule has 0 saturated carbocycles. The highest BCUT2D eigenvalue weighted by atomic mass is 15.2. The van der Waals surface area contributed by atoms with Crippen LogP contribution in [0.15, 0.2) is 188 Å². The molecule has 5 heteroatoms. The predicted octanol–water partition coefficient (Wildman–Crippen LogP) is 8.67. The molecule has 0 N–H and O–H groups in total. The summed E-state index contributed by atoms with van der Waals surface area (Å²) in [6.07, 6.45) is 0. The van der Waals surface area contributed by atoms with Gasteiger partial charge >= 0.3 is 6.85 Å². The van der Waals surface area contributed by atoms with Gasteiger partial charge in [0.15, 0.2) is 0 Å². The van der Waals surface area contributed by atoms with Crippen molar-refractivity contribution < 1.29 is 0 Å². The molecule has 0 radical (unpaired) electrons. The first-order valence-electron chi connectivity index (χ1n) is 18.5. The largest absolute Gasteiger partial charge is 0.376 e. The van der Waals surface area contributed by atoms with E-state index in [1.54, 1.807) is 0 Å². The molecular weight excluding hydrogens is 640 g/mol. The van der Waals surface area contributed by atoms with Crippen molar-refractivity contribution in [2.24, 2.45) is 0 Å². The van der Waals surface area contributed by atoms with Crippen molar-refractivity contribution in [2.45, 2.75) is 0 Å². The molecule has 0 bridgehead atoms. The van der Waals surface area contributed by atoms with E-state index < -0.39 is 0 Å². The van der Waals surface area contributed by atoms with Gasteiger partial charge < -0.3 is 14.6 Å². The lowest BCUT2D eigenvalue weighted by molar-refractivity contribution is 1.25. The Labute approximate surface area is 310 Å². The number of anilines is 8. The van der Waals surface area contributed by atoms with Gasteiger partial charge in [0.25, 0.3) is 6.71 Å². The number of hydrogen-bond acceptors (Lipinski definition) is 3. The monoisotopic (exact) mass is 671 g/mol. The minimum absolute atomic E-state index is 0.0680. The van der Waals surface area contributed by atoms with Crippen molar-refractivity contribution in [1.82, 2.24) is 0 Å². The van der Waals surface area contributed by atoms with Crippen LogP contribution in [-0.2, 0) is 0 Å². The number of fused-ring (bicyclic) bond motifs is 15. The topological polar surface area (TPSA) is 9.72 Å². The summed E-state index contributed by atoms with van der Waals surface area (Å²) in [5.41, 5.74) is 21.6. The van der Waals surface area contributed by atoms with Crippen LogP contribution in [0.1, 0.15) is 0 Å². The Morgan fingerprint density at radius 2 is 0.774 bits per heavy atom. The Balaban J connectivity index is 1.10. The van der Waals surface area contributed by atoms with E-state index in [-0.39, 0.29) is 13.6 Å². The zero-order chi connectivity index (χ0) is 34.6. The van der Waals surface area contributed by atoms with Crippen LogP contribution in [0.25, 0.3) is 22.3 Å². The number of benzene rings is 8. The first-order chi connectivity index (χ1) is 26.3. The second kappa shape index (κ2) is 10.9. The highest BCUT2D eigenvalue weighted by molar-refractivity contribution is 7.00. The number of nitrogens with zero attached hydrogens (tertiary/aromatic N) is 3. The maximum Gasteiger partial charge on any atom is 0.329 e. The highest BCUT2D eigenvalue weighted by Gasteiger charge is 2.45. The van der Waals surface area contributed by atoms with Gasteiger partial charge in [-0.1, -0.05) is 127 Å². The van der Waals surface area contributed by atoms with Crippen LogP contribution in [-0.4, -0.2) is 13.6 Å². The fraction of sp³-hybridized carbons (Fsp3) is 0. The number of rotatable bonds is 2. The maximum absolute atomic E-state index is 2.57. The van der Waals surface area contributed by atoms with Gasteiger partial charge in [-0.3, -0.25) is 0 Å². The molecule has 8 aromatic rings. The van der Waals surface area contributed by atoms with Gasteiger partial charge in [-0.25, -0.2) is 0 Å². The van der Waals surface area contributed by atoms with Crippen LogP contribution in [0.5, 0.6) is 0 Å². The van der Waals surface area contributed by atoms with Crippen LogP contribution in [0.2, 0.25) is 0 Å². The molecular formula is C48H31B2N3. The summed E-state index contributed by atoms with van der Waals surface area (Å²) in [7, 11) is 0. The van der Waals surface area contributed by atoms with Crippen LogP contribution >= 0.6 is 0 Å². The zero-order valence-electron chi connectivity index (χ0n) is 28.9. The number of hydrogen-bond donors (Lipinski definition) is 0. The predicted molar refractivity (Wildman–Crippen MR) is 225 cm³/mol. The lowest BCUT2D eigenvalue weighted by Crippen LogP contribution is -2.61. The van der Waals surface area contributed by atoms with Crippen molar-refractivity contribution in [3.05, 3.63) is 188 Å². The molecule has 4 aliphatic heterocycles. The molecule has 0 fully saturated rings. The summed E-state index contributed by atoms with van der Waals surface area (Å²) in [4.78, 5) is 7.53. The van der Waals surface area contributed by atoms with Crippen molar-refractivity contribution in [1.29, 1.82) is 0 Å². The lowest BCUT2D eigenvalue weighted by atomic mass is 9.33. The summed E-state index contributed by atoms with van der Waals surface area (Å²) in [5, 5.41) is 0. The average molecular weight is 671 g/mol. The van der Waals surface area contributed by atoms with Gasteiger partial charge in [-0.15, -0.1) is 0 Å². The summed E-state index contributed by atoms with van der Waals surface area (Å²) >= 11 is 0. The number of para-hydroxylation sites is 5. The molecule has 0 saturated heterocycles. The van der Waals surface area contributed by atoms with E-state index in [4.69, 9.17) is 0 Å². The quantitative estimate of drug-likeness (QED) is 0.171. The van der Waals surface area contributed by atoms with E-state index in [1.165, 1.54) is 95.1 Å². The van der Waals surface area contributed by atoms with Crippen molar-refractivity contribution in [2.75, 3.05) is 14.6 Å². The Kier molecular flexibility index (Phi) is 5.95. The smallest absolute Gasteiger partial charge is 0.329 e. The molecule has 244 valence electrons. The summed E-state index contributed by atoms with van der Waals surface area (Å²) in [6.45, 7) is 0.189. The SMILES string of the molecule is c1ccc(N2c3ccccc3B3c4ccccc4N(c4ccc5c(c4)-c4ccccc4N4B5c5ccccc5-c5ccccc54)c4cccc2c43)cc1. The van der Waals surface area contributed by atoms with E-state index in [2.05, 4.69) is 203 Å². The highest BCUT2D eigenvalue weighted by Crippen LogP contribution is 2.48. The van der Waals surface area contributed by atoms with Crippen LogP contribution in [0.4, 0.5) is 45.5 Å². The second-order valence-electron chi connectivity index (χ2n) is 14.4. The minimum atomic E-state index is 0.0680. The normalized spacial score (nSPS) is 13.8. The van der Waals surface area contributed by atoms with E-state index in [9.17, 15) is 0 Å². The summed E-state index contributed by atoms with van der Waals surface area (Å²) in [6, 6.07) is 69.7. The van der Waals surface area contributed by atoms with E-state index >= 15 is 0 Å². The molecule has 0 atom stereocenters. The van der Waals surface area contributed by atoms with Crippen molar-refractivity contribution >= 4 is 86.4 Å². The first kappa shape index (κ1) is 28.9. The third-order valence-corrected chi connectivity index (χ3v) is 11.8. The molecule has 12 rings (SSSR count). The summed E-state index contributed by atoms with van der Waals surface area (Å²) < 4.78 is 0. The Morgan fingerprint density at radius 1 is 0.302 bits per heavy atom. The van der Waals surface area contributed by atoms with E-state index in [1.807, 2.05) is 0 Å². The molecule has 0 spiro atoms. The minimum Gasteiger partial charge on any atom is -0.376 e. The van der Waals surface area contributed by atoms with Crippen LogP contribution < -0.4 is 41.9 Å². The average Bonchev–Trinajstić information content (AvgIpc) is 3.23. The summed E-state index contributed by atoms with van der Waals surface area (Å²) in [5.74, 6) is 0. The lowest BCUT2D eigenvalue weighted by Gasteiger charge is -2.45. The molecule has 0 amide bonds. The van der Waals surface area contributed by atoms with Crippen LogP contribution in [0, 0.1) is 0 Å². The van der Waals surface area contributed by atoms with Gasteiger partial charge in [-0.05, 0) is 99.1 Å². The Bertz CT molecular complexity index is 2800. The van der Waals surface area contributed by atoms with Gasteiger partial charge in [-0.2, -0.15) is 0 Å². The van der Waals surface area contributed by atoms with Gasteiger partial charge in [0.2, 0.25) is 0 Å².